The van der Waals surface area contributed by atoms with Gasteiger partial charge in [0.15, 0.2) is 12.1 Å². The minimum atomic E-state index is -0.251. The molecule has 2 aromatic rings. The maximum atomic E-state index is 12.6. The number of carbonyl (C=O) groups excluding carboxylic acids is 2. The first-order valence-corrected chi connectivity index (χ1v) is 6.94. The summed E-state index contributed by atoms with van der Waals surface area (Å²) in [5.74, 6) is -0.180. The lowest BCUT2D eigenvalue weighted by Gasteiger charge is -2.09. The molecule has 1 aromatic heterocycles. The number of aromatic nitrogens is 1. The van der Waals surface area contributed by atoms with Crippen LogP contribution >= 0.6 is 11.6 Å². The molecule has 0 amide bonds. The van der Waals surface area contributed by atoms with E-state index in [-0.39, 0.29) is 11.7 Å². The number of carbonyl (C=O) groups is 2. The molecule has 0 aliphatic carbocycles. The van der Waals surface area contributed by atoms with Gasteiger partial charge in [-0.3, -0.25) is 9.59 Å². The van der Waals surface area contributed by atoms with Crippen LogP contribution in [0.3, 0.4) is 0 Å². The van der Waals surface area contributed by atoms with Crippen LogP contribution in [0.15, 0.2) is 30.3 Å². The van der Waals surface area contributed by atoms with Crippen molar-refractivity contribution in [2.75, 3.05) is 0 Å². The van der Waals surface area contributed by atoms with E-state index in [1.54, 1.807) is 6.07 Å². The molecule has 3 rings (SSSR count). The highest BCUT2D eigenvalue weighted by Gasteiger charge is 2.33. The lowest BCUT2D eigenvalue weighted by atomic mass is 9.93. The Labute approximate surface area is 122 Å². The van der Waals surface area contributed by atoms with Crippen LogP contribution < -0.4 is 0 Å². The number of aryl methyl sites for hydroxylation is 1. The van der Waals surface area contributed by atoms with Crippen molar-refractivity contribution >= 4 is 23.7 Å². The van der Waals surface area contributed by atoms with E-state index < -0.39 is 0 Å². The molecule has 4 heteroatoms. The summed E-state index contributed by atoms with van der Waals surface area (Å²) in [4.78, 5) is 23.6. The molecule has 1 aliphatic heterocycles. The van der Waals surface area contributed by atoms with Gasteiger partial charge in [-0.2, -0.15) is 0 Å². The van der Waals surface area contributed by atoms with E-state index in [2.05, 4.69) is 0 Å². The summed E-state index contributed by atoms with van der Waals surface area (Å²) in [5.41, 5.74) is 3.14. The summed E-state index contributed by atoms with van der Waals surface area (Å²) >= 11 is 6.19. The molecule has 0 radical (unpaired) electrons. The number of halogens is 1. The van der Waals surface area contributed by atoms with Crippen LogP contribution in [0.1, 0.15) is 44.4 Å². The van der Waals surface area contributed by atoms with E-state index >= 15 is 0 Å². The molecule has 0 saturated carbocycles. The summed E-state index contributed by atoms with van der Waals surface area (Å²) in [7, 11) is 0. The Balaban J connectivity index is 1.98. The number of rotatable bonds is 3. The highest BCUT2D eigenvalue weighted by molar-refractivity contribution is 6.32. The fourth-order valence-electron chi connectivity index (χ4n) is 2.82. The van der Waals surface area contributed by atoms with E-state index in [4.69, 9.17) is 11.6 Å². The Kier molecular flexibility index (Phi) is 3.22. The minimum absolute atomic E-state index is 0.0706. The second kappa shape index (κ2) is 4.91. The highest BCUT2D eigenvalue weighted by Crippen LogP contribution is 2.38. The summed E-state index contributed by atoms with van der Waals surface area (Å²) in [5, 5.41) is 0.509. The first-order valence-electron chi connectivity index (χ1n) is 6.57. The molecule has 0 bridgehead atoms. The van der Waals surface area contributed by atoms with Crippen LogP contribution in [0.5, 0.6) is 0 Å². The number of nitrogens with zero attached hydrogens (tertiary/aromatic N) is 1. The largest absolute Gasteiger partial charge is 0.340 e. The summed E-state index contributed by atoms with van der Waals surface area (Å²) in [6.45, 7) is 2.65. The molecule has 1 atom stereocenters. The number of fused-ring (bicyclic) bond motifs is 1. The molecule has 20 heavy (non-hydrogen) atoms. The number of aldehydes is 1. The van der Waals surface area contributed by atoms with E-state index in [1.165, 1.54) is 0 Å². The van der Waals surface area contributed by atoms with E-state index in [9.17, 15) is 9.59 Å². The zero-order chi connectivity index (χ0) is 14.3. The number of hydrogen-bond acceptors (Lipinski definition) is 2. The van der Waals surface area contributed by atoms with Gasteiger partial charge in [-0.15, -0.1) is 0 Å². The normalized spacial score (nSPS) is 17.0. The Morgan fingerprint density at radius 2 is 2.05 bits per heavy atom. The molecule has 0 spiro atoms. The fraction of sp³-hybridized carbons (Fsp3) is 0.250. The predicted molar refractivity (Wildman–Crippen MR) is 77.7 cm³/mol. The molecule has 2 heterocycles. The van der Waals surface area contributed by atoms with Crippen LogP contribution in [0.2, 0.25) is 5.02 Å². The highest BCUT2D eigenvalue weighted by atomic mass is 35.5. The number of benzene rings is 1. The van der Waals surface area contributed by atoms with Gasteiger partial charge >= 0.3 is 0 Å². The summed E-state index contributed by atoms with van der Waals surface area (Å²) in [6.07, 6.45) is 1.48. The van der Waals surface area contributed by atoms with Crippen LogP contribution in [0.4, 0.5) is 0 Å². The summed E-state index contributed by atoms with van der Waals surface area (Å²) < 4.78 is 1.85. The molecule has 0 N–H and O–H groups in total. The van der Waals surface area contributed by atoms with Gasteiger partial charge in [0.2, 0.25) is 0 Å². The Bertz CT molecular complexity index is 685. The maximum Gasteiger partial charge on any atom is 0.171 e. The van der Waals surface area contributed by atoms with Crippen LogP contribution in [-0.4, -0.2) is 16.6 Å². The average molecular weight is 288 g/mol. The lowest BCUT2D eigenvalue weighted by Crippen LogP contribution is -2.10. The van der Waals surface area contributed by atoms with Crippen molar-refractivity contribution in [1.82, 2.24) is 4.57 Å². The number of ketones is 1. The van der Waals surface area contributed by atoms with Gasteiger partial charge in [0.05, 0.1) is 16.6 Å². The van der Waals surface area contributed by atoms with Gasteiger partial charge < -0.3 is 4.57 Å². The second-order valence-electron chi connectivity index (χ2n) is 5.14. The van der Waals surface area contributed by atoms with Crippen LogP contribution in [0.25, 0.3) is 0 Å². The lowest BCUT2D eigenvalue weighted by molar-refractivity contribution is 0.0959. The molecular weight excluding hydrogens is 274 g/mol. The molecule has 3 nitrogen and oxygen atoms in total. The predicted octanol–water partition coefficient (Wildman–Crippen LogP) is 3.63. The van der Waals surface area contributed by atoms with Crippen molar-refractivity contribution in [2.45, 2.75) is 25.8 Å². The Morgan fingerprint density at radius 3 is 2.70 bits per heavy atom. The molecule has 102 valence electrons. The first kappa shape index (κ1) is 13.1. The number of Topliss-reactive ketones (excluding diaryl/α,β-unsaturated/α-hetero) is 1. The van der Waals surface area contributed by atoms with E-state index in [1.807, 2.05) is 35.8 Å². The van der Waals surface area contributed by atoms with Gasteiger partial charge in [-0.25, -0.2) is 0 Å². The average Bonchev–Trinajstić information content (AvgIpc) is 3.00. The SMILES string of the molecule is Cc1ccc(C(=O)C2CCn3c(C=O)cc(Cl)c32)cc1. The van der Waals surface area contributed by atoms with Crippen molar-refractivity contribution in [3.63, 3.8) is 0 Å². The maximum absolute atomic E-state index is 12.6. The van der Waals surface area contributed by atoms with Crippen molar-refractivity contribution in [2.24, 2.45) is 0 Å². The van der Waals surface area contributed by atoms with Crippen molar-refractivity contribution < 1.29 is 9.59 Å². The molecule has 1 aromatic carbocycles. The monoisotopic (exact) mass is 287 g/mol. The third kappa shape index (κ3) is 1.98. The Morgan fingerprint density at radius 1 is 1.35 bits per heavy atom. The zero-order valence-electron chi connectivity index (χ0n) is 11.1. The van der Waals surface area contributed by atoms with Gasteiger partial charge in [0, 0.05) is 17.8 Å². The number of hydrogen-bond donors (Lipinski definition) is 0. The standard InChI is InChI=1S/C16H14ClNO2/c1-10-2-4-11(5-3-10)16(20)13-6-7-18-12(9-19)8-14(17)15(13)18/h2-5,8-9,13H,6-7H2,1H3. The Hall–Kier alpha value is -1.87. The van der Waals surface area contributed by atoms with Crippen molar-refractivity contribution in [3.05, 3.63) is 57.9 Å². The van der Waals surface area contributed by atoms with Gasteiger partial charge in [-0.05, 0) is 19.4 Å². The van der Waals surface area contributed by atoms with Crippen molar-refractivity contribution in [1.29, 1.82) is 0 Å². The molecular formula is C16H14ClNO2. The topological polar surface area (TPSA) is 39.1 Å². The van der Waals surface area contributed by atoms with Gasteiger partial charge in [0.1, 0.15) is 0 Å². The molecule has 0 fully saturated rings. The quantitative estimate of drug-likeness (QED) is 0.639. The zero-order valence-corrected chi connectivity index (χ0v) is 11.9. The third-order valence-corrected chi connectivity index (χ3v) is 4.17. The molecule has 1 unspecified atom stereocenters. The fourth-order valence-corrected chi connectivity index (χ4v) is 3.17. The van der Waals surface area contributed by atoms with Crippen molar-refractivity contribution in [3.8, 4) is 0 Å². The first-order chi connectivity index (χ1) is 9.61. The minimum Gasteiger partial charge on any atom is -0.340 e. The third-order valence-electron chi connectivity index (χ3n) is 3.87. The van der Waals surface area contributed by atoms with Gasteiger partial charge in [-0.1, -0.05) is 41.4 Å². The second-order valence-corrected chi connectivity index (χ2v) is 5.55. The summed E-state index contributed by atoms with van der Waals surface area (Å²) in [6, 6.07) is 9.19. The van der Waals surface area contributed by atoms with Crippen LogP contribution in [0, 0.1) is 6.92 Å². The van der Waals surface area contributed by atoms with Gasteiger partial charge in [0.25, 0.3) is 0 Å². The van der Waals surface area contributed by atoms with E-state index in [0.29, 0.717) is 29.2 Å². The van der Waals surface area contributed by atoms with Crippen LogP contribution in [-0.2, 0) is 6.54 Å². The van der Waals surface area contributed by atoms with E-state index in [0.717, 1.165) is 17.5 Å². The smallest absolute Gasteiger partial charge is 0.171 e. The molecule has 0 saturated heterocycles. The molecule has 1 aliphatic rings.